The van der Waals surface area contributed by atoms with Crippen molar-refractivity contribution >= 4 is 27.6 Å². The van der Waals surface area contributed by atoms with Crippen LogP contribution in [-0.4, -0.2) is 38.4 Å². The number of aryl methyl sites for hydroxylation is 1. The molecule has 6 heteroatoms. The number of hydrogen-bond acceptors (Lipinski definition) is 4. The molecule has 0 aliphatic carbocycles. The fourth-order valence-corrected chi connectivity index (χ4v) is 4.85. The van der Waals surface area contributed by atoms with Gasteiger partial charge in [0.25, 0.3) is 0 Å². The van der Waals surface area contributed by atoms with Gasteiger partial charge in [0.05, 0.1) is 22.2 Å². The molecule has 3 N–H and O–H groups in total. The number of fused-ring (bicyclic) bond motifs is 2. The van der Waals surface area contributed by atoms with Gasteiger partial charge in [0.2, 0.25) is 0 Å². The van der Waals surface area contributed by atoms with Crippen LogP contribution in [-0.2, 0) is 5.60 Å². The highest BCUT2D eigenvalue weighted by molar-refractivity contribution is 5.94. The maximum atomic E-state index is 11.1. The van der Waals surface area contributed by atoms with Crippen LogP contribution >= 0.6 is 0 Å². The van der Waals surface area contributed by atoms with Crippen molar-refractivity contribution in [2.75, 3.05) is 18.0 Å². The monoisotopic (exact) mass is 423 g/mol. The highest BCUT2D eigenvalue weighted by atomic mass is 16.3. The van der Waals surface area contributed by atoms with Gasteiger partial charge in [-0.05, 0) is 49.1 Å². The minimum atomic E-state index is -0.747. The topological polar surface area (TPSA) is 80.8 Å². The third-order valence-corrected chi connectivity index (χ3v) is 6.76. The number of nitrogens with zero attached hydrogens (tertiary/aromatic N) is 3. The molecule has 0 saturated carbocycles. The molecule has 3 heterocycles. The molecule has 6 rings (SSSR count). The van der Waals surface area contributed by atoms with Crippen molar-refractivity contribution in [3.63, 3.8) is 0 Å². The molecule has 3 aromatic carbocycles. The molecule has 0 unspecified atom stereocenters. The predicted octanol–water partition coefficient (Wildman–Crippen LogP) is 4.90. The number of nitrogens with one attached hydrogen (secondary N) is 2. The Morgan fingerprint density at radius 3 is 2.59 bits per heavy atom. The maximum Gasteiger partial charge on any atom is 0.157 e. The molecule has 32 heavy (non-hydrogen) atoms. The molecule has 1 fully saturated rings. The lowest BCUT2D eigenvalue weighted by Crippen LogP contribution is -2.42. The van der Waals surface area contributed by atoms with Crippen LogP contribution in [0.25, 0.3) is 33.5 Å². The first-order valence-corrected chi connectivity index (χ1v) is 11.1. The first kappa shape index (κ1) is 19.1. The van der Waals surface area contributed by atoms with Crippen LogP contribution in [0.1, 0.15) is 24.0 Å². The van der Waals surface area contributed by atoms with Gasteiger partial charge in [0.1, 0.15) is 5.69 Å². The van der Waals surface area contributed by atoms with Gasteiger partial charge in [0.15, 0.2) is 5.82 Å². The van der Waals surface area contributed by atoms with Crippen molar-refractivity contribution in [2.45, 2.75) is 25.4 Å². The summed E-state index contributed by atoms with van der Waals surface area (Å²) in [4.78, 5) is 10.6. The Kier molecular flexibility index (Phi) is 4.30. The van der Waals surface area contributed by atoms with Gasteiger partial charge >= 0.3 is 0 Å². The van der Waals surface area contributed by atoms with Gasteiger partial charge < -0.3 is 15.0 Å². The first-order valence-electron chi connectivity index (χ1n) is 11.1. The van der Waals surface area contributed by atoms with E-state index in [-0.39, 0.29) is 0 Å². The molecule has 0 amide bonds. The predicted molar refractivity (Wildman–Crippen MR) is 128 cm³/mol. The van der Waals surface area contributed by atoms with Crippen LogP contribution in [0.15, 0.2) is 66.7 Å². The van der Waals surface area contributed by atoms with Crippen LogP contribution < -0.4 is 4.90 Å². The Hall–Kier alpha value is -3.64. The van der Waals surface area contributed by atoms with Crippen LogP contribution in [0.2, 0.25) is 0 Å². The van der Waals surface area contributed by atoms with E-state index in [2.05, 4.69) is 57.3 Å². The summed E-state index contributed by atoms with van der Waals surface area (Å²) >= 11 is 0. The smallest absolute Gasteiger partial charge is 0.157 e. The highest BCUT2D eigenvalue weighted by Gasteiger charge is 2.34. The summed E-state index contributed by atoms with van der Waals surface area (Å²) < 4.78 is 0. The van der Waals surface area contributed by atoms with Crippen LogP contribution in [0.5, 0.6) is 0 Å². The number of hydrogen-bond donors (Lipinski definition) is 3. The summed E-state index contributed by atoms with van der Waals surface area (Å²) in [6.07, 6.45) is 1.42. The second kappa shape index (κ2) is 7.21. The fourth-order valence-electron chi connectivity index (χ4n) is 4.85. The molecule has 0 atom stereocenters. The van der Waals surface area contributed by atoms with Crippen molar-refractivity contribution < 1.29 is 5.11 Å². The van der Waals surface area contributed by atoms with E-state index in [4.69, 9.17) is 4.98 Å². The van der Waals surface area contributed by atoms with Gasteiger partial charge in [-0.25, -0.2) is 4.98 Å². The Bertz CT molecular complexity index is 1410. The molecule has 0 spiro atoms. The molecule has 6 nitrogen and oxygen atoms in total. The fraction of sp³-hybridized carbons (Fsp3) is 0.231. The molecule has 160 valence electrons. The number of para-hydroxylation sites is 1. The van der Waals surface area contributed by atoms with Gasteiger partial charge in [-0.2, -0.15) is 5.10 Å². The number of aromatic nitrogens is 4. The normalized spacial score (nSPS) is 16.1. The number of H-pyrrole nitrogens is 2. The zero-order chi connectivity index (χ0) is 21.7. The van der Waals surface area contributed by atoms with E-state index >= 15 is 0 Å². The summed E-state index contributed by atoms with van der Waals surface area (Å²) in [6.45, 7) is 3.68. The number of piperidine rings is 1. The van der Waals surface area contributed by atoms with Crippen molar-refractivity contribution in [2.24, 2.45) is 0 Å². The van der Waals surface area contributed by atoms with Gasteiger partial charge in [-0.15, -0.1) is 0 Å². The zero-order valence-corrected chi connectivity index (χ0v) is 18.0. The number of anilines is 1. The lowest BCUT2D eigenvalue weighted by molar-refractivity contribution is 0.0118. The largest absolute Gasteiger partial charge is 0.385 e. The molecule has 5 aromatic rings. The van der Waals surface area contributed by atoms with Crippen LogP contribution in [0.4, 0.5) is 5.69 Å². The third kappa shape index (κ3) is 3.07. The number of imidazole rings is 1. The second-order valence-electron chi connectivity index (χ2n) is 8.74. The standard InChI is InChI=1S/C26H25N5O/c1-17-6-5-9-20-23(17)29-30-24(20)25-27-21-11-10-19(16-22(21)28-25)31-14-12-26(32,13-15-31)18-7-3-2-4-8-18/h2-11,16,32H,12-15H2,1H3,(H,27,28)(H,29,30). The average Bonchev–Trinajstić information content (AvgIpc) is 3.44. The van der Waals surface area contributed by atoms with E-state index in [0.29, 0.717) is 12.8 Å². The molecule has 1 aliphatic heterocycles. The lowest BCUT2D eigenvalue weighted by Gasteiger charge is -2.39. The SMILES string of the molecule is Cc1cccc2c(-c3nc4ccc(N5CCC(O)(c6ccccc6)CC5)cc4[nH]3)[nH]nc12. The lowest BCUT2D eigenvalue weighted by atomic mass is 9.84. The Balaban J connectivity index is 1.28. The van der Waals surface area contributed by atoms with Gasteiger partial charge in [0, 0.05) is 24.2 Å². The molecule has 1 aliphatic rings. The van der Waals surface area contributed by atoms with Crippen molar-refractivity contribution in [3.8, 4) is 11.5 Å². The summed E-state index contributed by atoms with van der Waals surface area (Å²) in [6, 6.07) is 22.5. The maximum absolute atomic E-state index is 11.1. The summed E-state index contributed by atoms with van der Waals surface area (Å²) in [5, 5.41) is 19.8. The van der Waals surface area contributed by atoms with E-state index in [1.807, 2.05) is 36.4 Å². The Morgan fingerprint density at radius 2 is 1.78 bits per heavy atom. The van der Waals surface area contributed by atoms with E-state index in [0.717, 1.165) is 63.4 Å². The Morgan fingerprint density at radius 1 is 0.969 bits per heavy atom. The molecular weight excluding hydrogens is 398 g/mol. The summed E-state index contributed by atoms with van der Waals surface area (Å²) in [7, 11) is 0. The zero-order valence-electron chi connectivity index (χ0n) is 18.0. The average molecular weight is 424 g/mol. The molecular formula is C26H25N5O. The third-order valence-electron chi connectivity index (χ3n) is 6.76. The van der Waals surface area contributed by atoms with Crippen LogP contribution in [0.3, 0.4) is 0 Å². The summed E-state index contributed by atoms with van der Waals surface area (Å²) in [5.41, 5.74) is 6.36. The molecule has 1 saturated heterocycles. The number of benzene rings is 3. The molecule has 0 radical (unpaired) electrons. The summed E-state index contributed by atoms with van der Waals surface area (Å²) in [5.74, 6) is 0.794. The van der Waals surface area contributed by atoms with Gasteiger partial charge in [-0.1, -0.05) is 48.5 Å². The van der Waals surface area contributed by atoms with Crippen molar-refractivity contribution in [1.29, 1.82) is 0 Å². The Labute approximate surface area is 185 Å². The highest BCUT2D eigenvalue weighted by Crippen LogP contribution is 2.35. The van der Waals surface area contributed by atoms with Gasteiger partial charge in [-0.3, -0.25) is 5.10 Å². The minimum absolute atomic E-state index is 0.711. The number of aromatic amines is 2. The van der Waals surface area contributed by atoms with Crippen molar-refractivity contribution in [1.82, 2.24) is 20.2 Å². The van der Waals surface area contributed by atoms with Crippen molar-refractivity contribution in [3.05, 3.63) is 77.9 Å². The quantitative estimate of drug-likeness (QED) is 0.385. The number of rotatable bonds is 3. The minimum Gasteiger partial charge on any atom is -0.385 e. The van der Waals surface area contributed by atoms with E-state index in [1.54, 1.807) is 0 Å². The van der Waals surface area contributed by atoms with E-state index in [1.165, 1.54) is 0 Å². The molecule has 2 aromatic heterocycles. The molecule has 0 bridgehead atoms. The second-order valence-corrected chi connectivity index (χ2v) is 8.74. The van der Waals surface area contributed by atoms with E-state index < -0.39 is 5.60 Å². The first-order chi connectivity index (χ1) is 15.6. The van der Waals surface area contributed by atoms with E-state index in [9.17, 15) is 5.11 Å². The van der Waals surface area contributed by atoms with Crippen LogP contribution in [0, 0.1) is 6.92 Å². The number of aliphatic hydroxyl groups is 1.